The summed E-state index contributed by atoms with van der Waals surface area (Å²) in [7, 11) is 0. The number of benzene rings is 1. The predicted octanol–water partition coefficient (Wildman–Crippen LogP) is 2.41. The molecule has 0 saturated carbocycles. The van der Waals surface area contributed by atoms with Crippen LogP contribution in [-0.4, -0.2) is 40.3 Å². The molecule has 0 aliphatic carbocycles. The standard InChI is InChI=1S/C18H22N2O2/c1-15-6-5-7-16(19-15)12-20-11-10-18(21,13-20)14-22-17-8-3-2-4-9-17/h2-9,21H,10-14H2,1H3/t18-/m1/s1. The molecule has 3 rings (SSSR count). The lowest BCUT2D eigenvalue weighted by atomic mass is 10.1. The Morgan fingerprint density at radius 1 is 1.18 bits per heavy atom. The molecule has 1 fully saturated rings. The van der Waals surface area contributed by atoms with E-state index in [0.717, 1.165) is 36.6 Å². The van der Waals surface area contributed by atoms with Crippen LogP contribution in [0.25, 0.3) is 0 Å². The van der Waals surface area contributed by atoms with Crippen LogP contribution in [-0.2, 0) is 6.54 Å². The van der Waals surface area contributed by atoms with E-state index >= 15 is 0 Å². The largest absolute Gasteiger partial charge is 0.491 e. The van der Waals surface area contributed by atoms with Gasteiger partial charge < -0.3 is 9.84 Å². The number of aliphatic hydroxyl groups is 1. The first-order chi connectivity index (χ1) is 10.6. The Morgan fingerprint density at radius 3 is 2.77 bits per heavy atom. The van der Waals surface area contributed by atoms with Gasteiger partial charge in [0.15, 0.2) is 0 Å². The molecule has 1 aliphatic rings. The van der Waals surface area contributed by atoms with E-state index in [-0.39, 0.29) is 0 Å². The molecule has 2 heterocycles. The zero-order valence-corrected chi connectivity index (χ0v) is 12.9. The zero-order valence-electron chi connectivity index (χ0n) is 12.9. The van der Waals surface area contributed by atoms with Crippen LogP contribution in [0.5, 0.6) is 5.75 Å². The van der Waals surface area contributed by atoms with Crippen molar-refractivity contribution in [3.8, 4) is 5.75 Å². The summed E-state index contributed by atoms with van der Waals surface area (Å²) in [5.41, 5.74) is 1.30. The molecule has 1 aromatic heterocycles. The number of nitrogens with zero attached hydrogens (tertiary/aromatic N) is 2. The fourth-order valence-electron chi connectivity index (χ4n) is 2.84. The van der Waals surface area contributed by atoms with Crippen molar-refractivity contribution in [2.45, 2.75) is 25.5 Å². The molecule has 0 bridgehead atoms. The number of β-amino-alcohol motifs (C(OH)–C–C–N with tert-alkyl or cyclic N) is 1. The van der Waals surface area contributed by atoms with Crippen molar-refractivity contribution in [2.24, 2.45) is 0 Å². The van der Waals surface area contributed by atoms with Crippen LogP contribution in [0.1, 0.15) is 17.8 Å². The molecular weight excluding hydrogens is 276 g/mol. The molecule has 1 saturated heterocycles. The lowest BCUT2D eigenvalue weighted by Gasteiger charge is -2.23. The van der Waals surface area contributed by atoms with Gasteiger partial charge in [0.1, 0.15) is 18.0 Å². The van der Waals surface area contributed by atoms with Gasteiger partial charge in [0, 0.05) is 25.3 Å². The molecule has 0 radical (unpaired) electrons. The second kappa shape index (κ2) is 6.46. The molecule has 0 amide bonds. The van der Waals surface area contributed by atoms with Gasteiger partial charge in [-0.25, -0.2) is 0 Å². The van der Waals surface area contributed by atoms with Gasteiger partial charge >= 0.3 is 0 Å². The van der Waals surface area contributed by atoms with Crippen LogP contribution in [0.15, 0.2) is 48.5 Å². The van der Waals surface area contributed by atoms with Crippen LogP contribution >= 0.6 is 0 Å². The van der Waals surface area contributed by atoms with Crippen molar-refractivity contribution in [3.05, 3.63) is 59.9 Å². The summed E-state index contributed by atoms with van der Waals surface area (Å²) in [6.07, 6.45) is 0.728. The maximum Gasteiger partial charge on any atom is 0.119 e. The molecule has 1 aromatic carbocycles. The van der Waals surface area contributed by atoms with Crippen LogP contribution in [0.2, 0.25) is 0 Å². The maximum absolute atomic E-state index is 10.7. The number of pyridine rings is 1. The maximum atomic E-state index is 10.7. The van der Waals surface area contributed by atoms with Crippen LogP contribution in [0, 0.1) is 6.92 Å². The zero-order chi connectivity index (χ0) is 15.4. The Hall–Kier alpha value is -1.91. The minimum atomic E-state index is -0.778. The van der Waals surface area contributed by atoms with Crippen molar-refractivity contribution in [1.29, 1.82) is 0 Å². The molecule has 4 nitrogen and oxygen atoms in total. The van der Waals surface area contributed by atoms with E-state index in [2.05, 4.69) is 9.88 Å². The summed E-state index contributed by atoms with van der Waals surface area (Å²) in [5.74, 6) is 0.801. The normalized spacial score (nSPS) is 21.9. The SMILES string of the molecule is Cc1cccc(CN2CC[C@](O)(COc3ccccc3)C2)n1. The van der Waals surface area contributed by atoms with Crippen molar-refractivity contribution < 1.29 is 9.84 Å². The topological polar surface area (TPSA) is 45.6 Å². The number of rotatable bonds is 5. The molecule has 0 unspecified atom stereocenters. The third-order valence-corrected chi connectivity index (χ3v) is 3.99. The van der Waals surface area contributed by atoms with E-state index < -0.39 is 5.60 Å². The van der Waals surface area contributed by atoms with E-state index in [1.54, 1.807) is 0 Å². The average Bonchev–Trinajstić information content (AvgIpc) is 2.88. The summed E-state index contributed by atoms with van der Waals surface area (Å²) >= 11 is 0. The van der Waals surface area contributed by atoms with Gasteiger partial charge in [-0.3, -0.25) is 9.88 Å². The lowest BCUT2D eigenvalue weighted by molar-refractivity contribution is 0.00330. The van der Waals surface area contributed by atoms with Gasteiger partial charge in [0.25, 0.3) is 0 Å². The highest BCUT2D eigenvalue weighted by Gasteiger charge is 2.36. The van der Waals surface area contributed by atoms with Gasteiger partial charge in [0.05, 0.1) is 5.69 Å². The van der Waals surface area contributed by atoms with Crippen molar-refractivity contribution in [3.63, 3.8) is 0 Å². The average molecular weight is 298 g/mol. The van der Waals surface area contributed by atoms with Crippen molar-refractivity contribution in [2.75, 3.05) is 19.7 Å². The van der Waals surface area contributed by atoms with E-state index in [1.807, 2.05) is 55.5 Å². The Bertz CT molecular complexity index is 617. The van der Waals surface area contributed by atoms with Gasteiger partial charge in [-0.1, -0.05) is 24.3 Å². The van der Waals surface area contributed by atoms with Crippen molar-refractivity contribution in [1.82, 2.24) is 9.88 Å². The summed E-state index contributed by atoms with van der Waals surface area (Å²) in [5, 5.41) is 10.7. The fourth-order valence-corrected chi connectivity index (χ4v) is 2.84. The van der Waals surface area contributed by atoms with Gasteiger partial charge in [-0.15, -0.1) is 0 Å². The summed E-state index contributed by atoms with van der Waals surface area (Å²) < 4.78 is 5.72. The second-order valence-electron chi connectivity index (χ2n) is 6.06. The number of aryl methyl sites for hydroxylation is 1. The third-order valence-electron chi connectivity index (χ3n) is 3.99. The first kappa shape index (κ1) is 15.0. The molecule has 1 N–H and O–H groups in total. The summed E-state index contributed by atoms with van der Waals surface area (Å²) in [4.78, 5) is 6.76. The van der Waals surface area contributed by atoms with Gasteiger partial charge in [-0.2, -0.15) is 0 Å². The number of para-hydroxylation sites is 1. The fraction of sp³-hybridized carbons (Fsp3) is 0.389. The Kier molecular flexibility index (Phi) is 4.41. The van der Waals surface area contributed by atoms with E-state index in [9.17, 15) is 5.11 Å². The second-order valence-corrected chi connectivity index (χ2v) is 6.06. The summed E-state index contributed by atoms with van der Waals surface area (Å²) in [6.45, 7) is 4.58. The van der Waals surface area contributed by atoms with Crippen LogP contribution in [0.3, 0.4) is 0 Å². The molecule has 4 heteroatoms. The van der Waals surface area contributed by atoms with Gasteiger partial charge in [0.2, 0.25) is 0 Å². The van der Waals surface area contributed by atoms with E-state index in [0.29, 0.717) is 13.2 Å². The molecule has 1 atom stereocenters. The lowest BCUT2D eigenvalue weighted by Crippen LogP contribution is -2.39. The van der Waals surface area contributed by atoms with Gasteiger partial charge in [-0.05, 0) is 37.6 Å². The molecule has 2 aromatic rings. The highest BCUT2D eigenvalue weighted by Crippen LogP contribution is 2.24. The Balaban J connectivity index is 1.54. The number of likely N-dealkylation sites (tertiary alicyclic amines) is 1. The van der Waals surface area contributed by atoms with Crippen LogP contribution in [0.4, 0.5) is 0 Å². The van der Waals surface area contributed by atoms with Crippen LogP contribution < -0.4 is 4.74 Å². The minimum absolute atomic E-state index is 0.328. The Labute approximate surface area is 131 Å². The van der Waals surface area contributed by atoms with E-state index in [1.165, 1.54) is 0 Å². The number of hydrogen-bond acceptors (Lipinski definition) is 4. The van der Waals surface area contributed by atoms with Crippen molar-refractivity contribution >= 4 is 0 Å². The molecular formula is C18H22N2O2. The Morgan fingerprint density at radius 2 is 2.00 bits per heavy atom. The smallest absolute Gasteiger partial charge is 0.119 e. The first-order valence-electron chi connectivity index (χ1n) is 7.68. The number of ether oxygens (including phenoxy) is 1. The number of aromatic nitrogens is 1. The summed E-state index contributed by atoms with van der Waals surface area (Å²) in [6, 6.07) is 15.7. The molecule has 22 heavy (non-hydrogen) atoms. The third kappa shape index (κ3) is 3.84. The predicted molar refractivity (Wildman–Crippen MR) is 85.8 cm³/mol. The van der Waals surface area contributed by atoms with E-state index in [4.69, 9.17) is 4.74 Å². The monoisotopic (exact) mass is 298 g/mol. The first-order valence-corrected chi connectivity index (χ1v) is 7.68. The molecule has 1 aliphatic heterocycles. The number of hydrogen-bond donors (Lipinski definition) is 1. The highest BCUT2D eigenvalue weighted by atomic mass is 16.5. The quantitative estimate of drug-likeness (QED) is 0.921. The molecule has 0 spiro atoms. The molecule has 116 valence electrons. The highest BCUT2D eigenvalue weighted by molar-refractivity contribution is 5.21. The minimum Gasteiger partial charge on any atom is -0.491 e.